The lowest BCUT2D eigenvalue weighted by atomic mass is 10.3. The summed E-state index contributed by atoms with van der Waals surface area (Å²) in [5.41, 5.74) is 1.97. The molecule has 2 nitrogen and oxygen atoms in total. The summed E-state index contributed by atoms with van der Waals surface area (Å²) in [6, 6.07) is 0.390. The molecule has 0 fully saturated rings. The number of halogens is 1. The number of aromatic nitrogens is 2. The zero-order valence-electron chi connectivity index (χ0n) is 7.35. The van der Waals surface area contributed by atoms with Gasteiger partial charge in [0, 0.05) is 6.04 Å². The summed E-state index contributed by atoms with van der Waals surface area (Å²) in [4.78, 5) is 0. The van der Waals surface area contributed by atoms with Crippen LogP contribution in [0.25, 0.3) is 0 Å². The van der Waals surface area contributed by atoms with Gasteiger partial charge in [-0.05, 0) is 27.7 Å². The molecule has 1 aromatic heterocycles. The van der Waals surface area contributed by atoms with Crippen LogP contribution in [-0.2, 0) is 0 Å². The number of aryl methyl sites for hydroxylation is 1. The van der Waals surface area contributed by atoms with Gasteiger partial charge in [0.2, 0.25) is 0 Å². The van der Waals surface area contributed by atoms with Crippen LogP contribution in [0.15, 0.2) is 0 Å². The SMILES string of the molecule is Cc1nn(C(C)C)c(C)c1Cl. The highest BCUT2D eigenvalue weighted by molar-refractivity contribution is 6.31. The highest BCUT2D eigenvalue weighted by Crippen LogP contribution is 2.21. The highest BCUT2D eigenvalue weighted by atomic mass is 35.5. The molecule has 0 aliphatic rings. The fourth-order valence-corrected chi connectivity index (χ4v) is 1.27. The Morgan fingerprint density at radius 3 is 2.09 bits per heavy atom. The minimum atomic E-state index is 0.390. The Hall–Kier alpha value is -0.500. The van der Waals surface area contributed by atoms with Gasteiger partial charge in [-0.1, -0.05) is 11.6 Å². The normalized spacial score (nSPS) is 11.1. The molecule has 1 rings (SSSR count). The van der Waals surface area contributed by atoms with E-state index in [4.69, 9.17) is 11.6 Å². The Balaban J connectivity index is 3.19. The molecule has 0 saturated heterocycles. The summed E-state index contributed by atoms with van der Waals surface area (Å²) in [7, 11) is 0. The van der Waals surface area contributed by atoms with Crippen LogP contribution in [0.2, 0.25) is 5.02 Å². The Bertz CT molecular complexity index is 263. The molecule has 0 aromatic carbocycles. The second kappa shape index (κ2) is 2.86. The summed E-state index contributed by atoms with van der Waals surface area (Å²) in [6.45, 7) is 8.10. The zero-order chi connectivity index (χ0) is 8.59. The number of nitrogens with zero attached hydrogens (tertiary/aromatic N) is 2. The van der Waals surface area contributed by atoms with Gasteiger partial charge in [0.05, 0.1) is 16.4 Å². The van der Waals surface area contributed by atoms with Crippen molar-refractivity contribution in [2.75, 3.05) is 0 Å². The first kappa shape index (κ1) is 8.60. The van der Waals surface area contributed by atoms with E-state index in [-0.39, 0.29) is 0 Å². The maximum atomic E-state index is 5.96. The van der Waals surface area contributed by atoms with Crippen LogP contribution < -0.4 is 0 Å². The molecule has 3 heteroatoms. The van der Waals surface area contributed by atoms with E-state index >= 15 is 0 Å². The van der Waals surface area contributed by atoms with Crippen molar-refractivity contribution in [1.29, 1.82) is 0 Å². The van der Waals surface area contributed by atoms with E-state index in [0.717, 1.165) is 16.4 Å². The van der Waals surface area contributed by atoms with E-state index in [0.29, 0.717) is 6.04 Å². The molecular weight excluding hydrogens is 160 g/mol. The Labute approximate surface area is 72.2 Å². The topological polar surface area (TPSA) is 17.8 Å². The van der Waals surface area contributed by atoms with Gasteiger partial charge in [-0.25, -0.2) is 0 Å². The predicted molar refractivity (Wildman–Crippen MR) is 47.1 cm³/mol. The minimum absolute atomic E-state index is 0.390. The monoisotopic (exact) mass is 172 g/mol. The third-order valence-electron chi connectivity index (χ3n) is 1.73. The molecule has 62 valence electrons. The Morgan fingerprint density at radius 2 is 1.91 bits per heavy atom. The summed E-state index contributed by atoms with van der Waals surface area (Å²) in [5, 5.41) is 5.08. The van der Waals surface area contributed by atoms with E-state index in [1.165, 1.54) is 0 Å². The van der Waals surface area contributed by atoms with E-state index in [1.807, 2.05) is 18.5 Å². The Morgan fingerprint density at radius 1 is 1.36 bits per heavy atom. The van der Waals surface area contributed by atoms with Gasteiger partial charge < -0.3 is 0 Å². The van der Waals surface area contributed by atoms with Crippen LogP contribution in [0.3, 0.4) is 0 Å². The zero-order valence-corrected chi connectivity index (χ0v) is 8.11. The first-order valence-electron chi connectivity index (χ1n) is 3.75. The molecule has 0 radical (unpaired) electrons. The lowest BCUT2D eigenvalue weighted by Gasteiger charge is -2.06. The molecular formula is C8H13ClN2. The van der Waals surface area contributed by atoms with Gasteiger partial charge in [0.25, 0.3) is 0 Å². The largest absolute Gasteiger partial charge is 0.266 e. The summed E-state index contributed by atoms with van der Waals surface area (Å²) in [5.74, 6) is 0. The van der Waals surface area contributed by atoms with Gasteiger partial charge in [-0.2, -0.15) is 5.10 Å². The van der Waals surface area contributed by atoms with Gasteiger partial charge in [0.15, 0.2) is 0 Å². The highest BCUT2D eigenvalue weighted by Gasteiger charge is 2.10. The molecule has 0 spiro atoms. The van der Waals surface area contributed by atoms with Crippen molar-refractivity contribution in [1.82, 2.24) is 9.78 Å². The lowest BCUT2D eigenvalue weighted by molar-refractivity contribution is 0.516. The number of hydrogen-bond acceptors (Lipinski definition) is 1. The fraction of sp³-hybridized carbons (Fsp3) is 0.625. The fourth-order valence-electron chi connectivity index (χ4n) is 1.15. The first-order valence-corrected chi connectivity index (χ1v) is 4.13. The van der Waals surface area contributed by atoms with Crippen molar-refractivity contribution in [3.8, 4) is 0 Å². The van der Waals surface area contributed by atoms with Crippen molar-refractivity contribution < 1.29 is 0 Å². The molecule has 0 N–H and O–H groups in total. The van der Waals surface area contributed by atoms with Crippen LogP contribution in [0, 0.1) is 13.8 Å². The molecule has 0 amide bonds. The van der Waals surface area contributed by atoms with Gasteiger partial charge in [0.1, 0.15) is 0 Å². The van der Waals surface area contributed by atoms with Gasteiger partial charge in [-0.15, -0.1) is 0 Å². The van der Waals surface area contributed by atoms with Crippen molar-refractivity contribution in [2.24, 2.45) is 0 Å². The minimum Gasteiger partial charge on any atom is -0.266 e. The maximum Gasteiger partial charge on any atom is 0.0844 e. The molecule has 0 bridgehead atoms. The van der Waals surface area contributed by atoms with Crippen LogP contribution in [0.4, 0.5) is 0 Å². The third-order valence-corrected chi connectivity index (χ3v) is 2.27. The van der Waals surface area contributed by atoms with Crippen LogP contribution in [0.5, 0.6) is 0 Å². The lowest BCUT2D eigenvalue weighted by Crippen LogP contribution is -2.04. The molecule has 0 saturated carbocycles. The molecule has 1 aromatic rings. The van der Waals surface area contributed by atoms with E-state index in [1.54, 1.807) is 0 Å². The van der Waals surface area contributed by atoms with E-state index in [9.17, 15) is 0 Å². The molecule has 0 unspecified atom stereocenters. The van der Waals surface area contributed by atoms with Crippen LogP contribution in [0.1, 0.15) is 31.3 Å². The van der Waals surface area contributed by atoms with Crippen LogP contribution >= 0.6 is 11.6 Å². The second-order valence-corrected chi connectivity index (χ2v) is 3.40. The predicted octanol–water partition coefficient (Wildman–Crippen LogP) is 2.73. The molecule has 0 aliphatic carbocycles. The summed E-state index contributed by atoms with van der Waals surface area (Å²) < 4.78 is 1.94. The number of hydrogen-bond donors (Lipinski definition) is 0. The van der Waals surface area contributed by atoms with Crippen LogP contribution in [-0.4, -0.2) is 9.78 Å². The standard InChI is InChI=1S/C8H13ClN2/c1-5(2)11-7(4)8(9)6(3)10-11/h5H,1-4H3. The van der Waals surface area contributed by atoms with Crippen molar-refractivity contribution in [3.05, 3.63) is 16.4 Å². The van der Waals surface area contributed by atoms with E-state index in [2.05, 4.69) is 18.9 Å². The van der Waals surface area contributed by atoms with Crippen molar-refractivity contribution in [2.45, 2.75) is 33.7 Å². The molecule has 0 aliphatic heterocycles. The van der Waals surface area contributed by atoms with Crippen molar-refractivity contribution in [3.63, 3.8) is 0 Å². The summed E-state index contributed by atoms with van der Waals surface area (Å²) >= 11 is 5.96. The molecule has 1 heterocycles. The van der Waals surface area contributed by atoms with E-state index < -0.39 is 0 Å². The van der Waals surface area contributed by atoms with Gasteiger partial charge in [-0.3, -0.25) is 4.68 Å². The molecule has 0 atom stereocenters. The first-order chi connectivity index (χ1) is 5.04. The number of rotatable bonds is 1. The average Bonchev–Trinajstić information content (AvgIpc) is 2.17. The van der Waals surface area contributed by atoms with Crippen molar-refractivity contribution >= 4 is 11.6 Å². The third kappa shape index (κ3) is 1.41. The second-order valence-electron chi connectivity index (χ2n) is 3.02. The molecule has 11 heavy (non-hydrogen) atoms. The Kier molecular flexibility index (Phi) is 2.23. The average molecular weight is 173 g/mol. The smallest absolute Gasteiger partial charge is 0.0844 e. The quantitative estimate of drug-likeness (QED) is 0.637. The summed E-state index contributed by atoms with van der Waals surface area (Å²) in [6.07, 6.45) is 0. The maximum absolute atomic E-state index is 5.96. The van der Waals surface area contributed by atoms with Gasteiger partial charge >= 0.3 is 0 Å².